The number of rotatable bonds is 3. The van der Waals surface area contributed by atoms with Gasteiger partial charge in [-0.05, 0) is 12.1 Å². The summed E-state index contributed by atoms with van der Waals surface area (Å²) in [5.41, 5.74) is 6.25. The van der Waals surface area contributed by atoms with Gasteiger partial charge >= 0.3 is 0 Å². The van der Waals surface area contributed by atoms with Crippen LogP contribution in [0.4, 0.5) is 5.82 Å². The van der Waals surface area contributed by atoms with Gasteiger partial charge in [-0.2, -0.15) is 5.10 Å². The number of sulfone groups is 2. The van der Waals surface area contributed by atoms with Crippen LogP contribution in [-0.2, 0) is 19.7 Å². The van der Waals surface area contributed by atoms with Gasteiger partial charge in [0.15, 0.2) is 24.7 Å². The van der Waals surface area contributed by atoms with Crippen LogP contribution in [0, 0.1) is 0 Å². The highest BCUT2D eigenvalue weighted by atomic mass is 32.2. The number of para-hydroxylation sites is 1. The molecule has 20 heavy (non-hydrogen) atoms. The monoisotopic (exact) mass is 315 g/mol. The molecule has 0 saturated carbocycles. The normalized spacial score (nSPS) is 12.5. The number of hydrogen-bond donors (Lipinski definition) is 1. The number of hydrogen-bond acceptors (Lipinski definition) is 6. The molecule has 0 unspecified atom stereocenters. The lowest BCUT2D eigenvalue weighted by Gasteiger charge is -2.03. The van der Waals surface area contributed by atoms with Gasteiger partial charge in [-0.25, -0.2) is 21.5 Å². The van der Waals surface area contributed by atoms with Crippen molar-refractivity contribution < 1.29 is 16.8 Å². The Balaban J connectivity index is 2.86. The van der Waals surface area contributed by atoms with Crippen LogP contribution >= 0.6 is 0 Å². The third-order valence-corrected chi connectivity index (χ3v) is 4.83. The van der Waals surface area contributed by atoms with Crippen LogP contribution in [0.2, 0.25) is 0 Å². The summed E-state index contributed by atoms with van der Waals surface area (Å²) in [6.07, 6.45) is 1.78. The highest BCUT2D eigenvalue weighted by Crippen LogP contribution is 2.28. The first-order valence-corrected chi connectivity index (χ1v) is 9.24. The lowest BCUT2D eigenvalue weighted by atomic mass is 10.3. The molecule has 0 aliphatic rings. The van der Waals surface area contributed by atoms with Crippen LogP contribution in [0.5, 0.6) is 0 Å². The Morgan fingerprint density at radius 1 is 1.00 bits per heavy atom. The molecule has 0 atom stereocenters. The fraction of sp³-hybridized carbons (Fsp3) is 0.182. The van der Waals surface area contributed by atoms with E-state index in [-0.39, 0.29) is 5.82 Å². The molecule has 0 aliphatic heterocycles. The van der Waals surface area contributed by atoms with Crippen LogP contribution in [-0.4, -0.2) is 39.1 Å². The average Bonchev–Trinajstić information content (AvgIpc) is 2.67. The maximum absolute atomic E-state index is 11.8. The molecular weight excluding hydrogens is 302 g/mol. The van der Waals surface area contributed by atoms with Crippen molar-refractivity contribution in [3.05, 3.63) is 30.3 Å². The lowest BCUT2D eigenvalue weighted by molar-refractivity contribution is 0.585. The third-order valence-electron chi connectivity index (χ3n) is 2.57. The summed E-state index contributed by atoms with van der Waals surface area (Å²) in [6.45, 7) is 0. The Labute approximate surface area is 116 Å². The van der Waals surface area contributed by atoms with Crippen molar-refractivity contribution in [2.75, 3.05) is 18.2 Å². The molecule has 2 aromatic rings. The van der Waals surface area contributed by atoms with E-state index in [0.717, 1.165) is 17.2 Å². The zero-order valence-electron chi connectivity index (χ0n) is 10.8. The van der Waals surface area contributed by atoms with Gasteiger partial charge in [-0.3, -0.25) is 0 Å². The minimum Gasteiger partial charge on any atom is -0.382 e. The van der Waals surface area contributed by atoms with Crippen molar-refractivity contribution in [1.82, 2.24) is 9.78 Å². The lowest BCUT2D eigenvalue weighted by Crippen LogP contribution is -2.07. The van der Waals surface area contributed by atoms with Crippen LogP contribution in [0.25, 0.3) is 5.69 Å². The fourth-order valence-corrected chi connectivity index (χ4v) is 4.16. The minimum atomic E-state index is -3.82. The quantitative estimate of drug-likeness (QED) is 0.869. The van der Waals surface area contributed by atoms with Crippen molar-refractivity contribution in [3.8, 4) is 5.69 Å². The Morgan fingerprint density at radius 3 is 1.95 bits per heavy atom. The van der Waals surface area contributed by atoms with E-state index in [0.29, 0.717) is 5.69 Å². The Hall–Kier alpha value is -1.87. The summed E-state index contributed by atoms with van der Waals surface area (Å²) in [7, 11) is -7.64. The summed E-state index contributed by atoms with van der Waals surface area (Å²) >= 11 is 0. The molecule has 1 aromatic carbocycles. The zero-order valence-corrected chi connectivity index (χ0v) is 12.4. The first-order valence-electron chi connectivity index (χ1n) is 5.46. The number of anilines is 1. The van der Waals surface area contributed by atoms with Gasteiger partial charge in [-0.1, -0.05) is 18.2 Å². The van der Waals surface area contributed by atoms with Gasteiger partial charge in [0.25, 0.3) is 0 Å². The molecule has 2 N–H and O–H groups in total. The summed E-state index contributed by atoms with van der Waals surface area (Å²) in [5.74, 6) is -0.223. The molecule has 0 radical (unpaired) electrons. The van der Waals surface area contributed by atoms with Crippen molar-refractivity contribution in [1.29, 1.82) is 0 Å². The standard InChI is InChI=1S/C11H13N3O4S2/c1-19(15,16)9-10(12)14(8-6-4-3-5-7-8)13-11(9)20(2,17)18/h3-7H,12H2,1-2H3. The average molecular weight is 315 g/mol. The highest BCUT2D eigenvalue weighted by molar-refractivity contribution is 7.93. The summed E-state index contributed by atoms with van der Waals surface area (Å²) in [6, 6.07) is 8.45. The maximum atomic E-state index is 11.8. The van der Waals surface area contributed by atoms with Crippen molar-refractivity contribution in [2.24, 2.45) is 0 Å². The first kappa shape index (κ1) is 14.5. The second kappa shape index (κ2) is 4.60. The molecule has 2 rings (SSSR count). The largest absolute Gasteiger partial charge is 0.382 e. The van der Waals surface area contributed by atoms with E-state index in [9.17, 15) is 16.8 Å². The third kappa shape index (κ3) is 2.54. The number of aromatic nitrogens is 2. The van der Waals surface area contributed by atoms with Gasteiger partial charge in [0, 0.05) is 12.5 Å². The van der Waals surface area contributed by atoms with Crippen LogP contribution in [0.3, 0.4) is 0 Å². The molecule has 0 amide bonds. The highest BCUT2D eigenvalue weighted by Gasteiger charge is 2.30. The van der Waals surface area contributed by atoms with Crippen molar-refractivity contribution >= 4 is 25.5 Å². The van der Waals surface area contributed by atoms with Gasteiger partial charge in [0.1, 0.15) is 10.7 Å². The summed E-state index contributed by atoms with van der Waals surface area (Å²) in [5, 5.41) is 3.30. The van der Waals surface area contributed by atoms with Crippen LogP contribution in [0.15, 0.2) is 40.3 Å². The SMILES string of the molecule is CS(=O)(=O)c1nn(-c2ccccc2)c(N)c1S(C)(=O)=O. The van der Waals surface area contributed by atoms with Crippen LogP contribution < -0.4 is 5.73 Å². The smallest absolute Gasteiger partial charge is 0.198 e. The van der Waals surface area contributed by atoms with E-state index in [1.54, 1.807) is 30.3 Å². The van der Waals surface area contributed by atoms with Gasteiger partial charge in [0.2, 0.25) is 0 Å². The number of nitrogens with zero attached hydrogens (tertiary/aromatic N) is 2. The number of nitrogens with two attached hydrogens (primary N) is 1. The second-order valence-corrected chi connectivity index (χ2v) is 8.19. The van der Waals surface area contributed by atoms with E-state index in [1.165, 1.54) is 0 Å². The zero-order chi connectivity index (χ0) is 15.1. The first-order chi connectivity index (χ1) is 9.12. The maximum Gasteiger partial charge on any atom is 0.198 e. The molecule has 1 heterocycles. The van der Waals surface area contributed by atoms with E-state index >= 15 is 0 Å². The van der Waals surface area contributed by atoms with Gasteiger partial charge in [-0.15, -0.1) is 0 Å². The molecule has 0 fully saturated rings. The minimum absolute atomic E-state index is 0.223. The van der Waals surface area contributed by atoms with E-state index in [2.05, 4.69) is 5.10 Å². The number of benzene rings is 1. The van der Waals surface area contributed by atoms with Gasteiger partial charge < -0.3 is 5.73 Å². The molecule has 9 heteroatoms. The van der Waals surface area contributed by atoms with E-state index in [4.69, 9.17) is 5.73 Å². The molecule has 0 aliphatic carbocycles. The Bertz CT molecular complexity index is 853. The second-order valence-electron chi connectivity index (χ2n) is 4.31. The van der Waals surface area contributed by atoms with E-state index < -0.39 is 29.6 Å². The van der Waals surface area contributed by atoms with Gasteiger partial charge in [0.05, 0.1) is 5.69 Å². The molecule has 0 spiro atoms. The molecular formula is C11H13N3O4S2. The molecule has 0 bridgehead atoms. The molecule has 108 valence electrons. The summed E-state index contributed by atoms with van der Waals surface area (Å²) < 4.78 is 48.0. The Kier molecular flexibility index (Phi) is 3.34. The van der Waals surface area contributed by atoms with E-state index in [1.807, 2.05) is 0 Å². The van der Waals surface area contributed by atoms with Crippen molar-refractivity contribution in [3.63, 3.8) is 0 Å². The molecule has 1 aromatic heterocycles. The molecule has 7 nitrogen and oxygen atoms in total. The predicted molar refractivity (Wildman–Crippen MR) is 74.2 cm³/mol. The fourth-order valence-electron chi connectivity index (χ4n) is 1.75. The molecule has 0 saturated heterocycles. The topological polar surface area (TPSA) is 112 Å². The van der Waals surface area contributed by atoms with Crippen LogP contribution in [0.1, 0.15) is 0 Å². The predicted octanol–water partition coefficient (Wildman–Crippen LogP) is 0.262. The van der Waals surface area contributed by atoms with Crippen molar-refractivity contribution in [2.45, 2.75) is 9.92 Å². The summed E-state index contributed by atoms with van der Waals surface area (Å²) in [4.78, 5) is -0.469. The Morgan fingerprint density at radius 2 is 1.55 bits per heavy atom. The number of nitrogen functional groups attached to an aromatic ring is 1.